The van der Waals surface area contributed by atoms with E-state index in [1.165, 1.54) is 55.6 Å². The van der Waals surface area contributed by atoms with Crippen molar-refractivity contribution in [3.63, 3.8) is 0 Å². The van der Waals surface area contributed by atoms with E-state index < -0.39 is 0 Å². The van der Waals surface area contributed by atoms with Crippen molar-refractivity contribution in [2.45, 2.75) is 77.8 Å². The lowest BCUT2D eigenvalue weighted by molar-refractivity contribution is 0.223. The maximum atomic E-state index is 4.99. The molecule has 20 heavy (non-hydrogen) atoms. The van der Waals surface area contributed by atoms with Gasteiger partial charge in [-0.25, -0.2) is 4.98 Å². The van der Waals surface area contributed by atoms with E-state index in [9.17, 15) is 0 Å². The second kappa shape index (κ2) is 6.15. The van der Waals surface area contributed by atoms with E-state index >= 15 is 0 Å². The van der Waals surface area contributed by atoms with E-state index in [1.54, 1.807) is 4.88 Å². The van der Waals surface area contributed by atoms with E-state index in [1.807, 2.05) is 11.3 Å². The first-order valence-corrected chi connectivity index (χ1v) is 9.19. The molecular weight excluding hydrogens is 264 g/mol. The lowest BCUT2D eigenvalue weighted by Gasteiger charge is -2.33. The smallest absolute Gasteiger partial charge is 0.110 e. The molecule has 1 aromatic heterocycles. The standard InChI is InChI=1S/C17H28N2S/c1-11(2)18-16(13-9-7-12(3)8-10-13)17-19-14-5-4-6-15(14)20-17/h11-13,16,18H,4-10H2,1-3H3. The Labute approximate surface area is 127 Å². The fraction of sp³-hybridized carbons (Fsp3) is 0.824. The van der Waals surface area contributed by atoms with Crippen LogP contribution in [0.2, 0.25) is 0 Å². The minimum absolute atomic E-state index is 0.498. The molecule has 0 bridgehead atoms. The minimum Gasteiger partial charge on any atom is -0.305 e. The molecule has 3 heteroatoms. The summed E-state index contributed by atoms with van der Waals surface area (Å²) in [6, 6.07) is 1.04. The Morgan fingerprint density at radius 3 is 2.55 bits per heavy atom. The second-order valence-corrected chi connectivity index (χ2v) is 8.21. The molecule has 1 N–H and O–H groups in total. The molecule has 2 aliphatic carbocycles. The van der Waals surface area contributed by atoms with E-state index in [4.69, 9.17) is 4.98 Å². The average molecular weight is 292 g/mol. The molecule has 112 valence electrons. The zero-order valence-corrected chi connectivity index (χ0v) is 13.9. The Kier molecular flexibility index (Phi) is 4.46. The SMILES string of the molecule is CC1CCC(C(NC(C)C)c2nc3c(s2)CCC3)CC1. The van der Waals surface area contributed by atoms with Crippen LogP contribution >= 0.6 is 11.3 Å². The maximum absolute atomic E-state index is 4.99. The Morgan fingerprint density at radius 1 is 1.15 bits per heavy atom. The summed E-state index contributed by atoms with van der Waals surface area (Å²) >= 11 is 1.99. The minimum atomic E-state index is 0.498. The van der Waals surface area contributed by atoms with Gasteiger partial charge in [-0.3, -0.25) is 0 Å². The first-order chi connectivity index (χ1) is 9.63. The third kappa shape index (κ3) is 3.09. The van der Waals surface area contributed by atoms with Gasteiger partial charge in [0.25, 0.3) is 0 Å². The molecule has 0 aromatic carbocycles. The Balaban J connectivity index is 1.78. The zero-order valence-electron chi connectivity index (χ0n) is 13.1. The molecule has 3 rings (SSSR count). The summed E-state index contributed by atoms with van der Waals surface area (Å²) in [5, 5.41) is 5.20. The van der Waals surface area contributed by atoms with Gasteiger partial charge in [0, 0.05) is 10.9 Å². The van der Waals surface area contributed by atoms with Crippen molar-refractivity contribution in [1.29, 1.82) is 0 Å². The third-order valence-electron chi connectivity index (χ3n) is 4.92. The number of thiazole rings is 1. The van der Waals surface area contributed by atoms with Gasteiger partial charge in [0.2, 0.25) is 0 Å². The number of rotatable bonds is 4. The summed E-state index contributed by atoms with van der Waals surface area (Å²) in [4.78, 5) is 6.56. The van der Waals surface area contributed by atoms with Gasteiger partial charge in [0.05, 0.1) is 11.7 Å². The molecule has 0 spiro atoms. The van der Waals surface area contributed by atoms with Crippen LogP contribution in [0.25, 0.3) is 0 Å². The molecule has 0 saturated heterocycles. The molecule has 1 aromatic rings. The predicted octanol–water partition coefficient (Wildman–Crippen LogP) is 4.50. The van der Waals surface area contributed by atoms with Gasteiger partial charge < -0.3 is 5.32 Å². The highest BCUT2D eigenvalue weighted by molar-refractivity contribution is 7.11. The van der Waals surface area contributed by atoms with Crippen LogP contribution in [-0.4, -0.2) is 11.0 Å². The molecule has 0 amide bonds. The average Bonchev–Trinajstić information content (AvgIpc) is 2.97. The normalized spacial score (nSPS) is 27.8. The number of nitrogens with zero attached hydrogens (tertiary/aromatic N) is 1. The molecule has 0 radical (unpaired) electrons. The van der Waals surface area contributed by atoms with Gasteiger partial charge in [-0.15, -0.1) is 11.3 Å². The van der Waals surface area contributed by atoms with Crippen molar-refractivity contribution in [3.8, 4) is 0 Å². The number of aromatic nitrogens is 1. The van der Waals surface area contributed by atoms with Gasteiger partial charge in [0.1, 0.15) is 5.01 Å². The van der Waals surface area contributed by atoms with E-state index in [0.717, 1.165) is 11.8 Å². The van der Waals surface area contributed by atoms with Gasteiger partial charge >= 0.3 is 0 Å². The van der Waals surface area contributed by atoms with Crippen LogP contribution in [0.15, 0.2) is 0 Å². The Bertz CT molecular complexity index is 422. The largest absolute Gasteiger partial charge is 0.305 e. The van der Waals surface area contributed by atoms with E-state index in [0.29, 0.717) is 12.1 Å². The molecule has 1 heterocycles. The first kappa shape index (κ1) is 14.5. The molecular formula is C17H28N2S. The number of nitrogens with one attached hydrogen (secondary N) is 1. The van der Waals surface area contributed by atoms with Crippen molar-refractivity contribution >= 4 is 11.3 Å². The van der Waals surface area contributed by atoms with Crippen LogP contribution in [0.4, 0.5) is 0 Å². The van der Waals surface area contributed by atoms with Gasteiger partial charge in [-0.2, -0.15) is 0 Å². The van der Waals surface area contributed by atoms with Crippen molar-refractivity contribution in [2.75, 3.05) is 0 Å². The number of aryl methyl sites for hydroxylation is 2. The van der Waals surface area contributed by atoms with Crippen molar-refractivity contribution in [3.05, 3.63) is 15.6 Å². The van der Waals surface area contributed by atoms with Crippen LogP contribution in [0.5, 0.6) is 0 Å². The second-order valence-electron chi connectivity index (χ2n) is 7.09. The summed E-state index contributed by atoms with van der Waals surface area (Å²) in [7, 11) is 0. The highest BCUT2D eigenvalue weighted by Gasteiger charge is 2.31. The zero-order chi connectivity index (χ0) is 14.1. The number of hydrogen-bond acceptors (Lipinski definition) is 3. The lowest BCUT2D eigenvalue weighted by atomic mass is 9.79. The van der Waals surface area contributed by atoms with E-state index in [-0.39, 0.29) is 0 Å². The van der Waals surface area contributed by atoms with Crippen molar-refractivity contribution in [2.24, 2.45) is 11.8 Å². The van der Waals surface area contributed by atoms with Gasteiger partial charge in [-0.05, 0) is 43.9 Å². The summed E-state index contributed by atoms with van der Waals surface area (Å²) in [5.41, 5.74) is 1.41. The highest BCUT2D eigenvalue weighted by atomic mass is 32.1. The molecule has 0 aliphatic heterocycles. The summed E-state index contributed by atoms with van der Waals surface area (Å²) in [5.74, 6) is 1.71. The lowest BCUT2D eigenvalue weighted by Crippen LogP contribution is -2.35. The fourth-order valence-corrected chi connectivity index (χ4v) is 5.04. The van der Waals surface area contributed by atoms with E-state index in [2.05, 4.69) is 26.1 Å². The number of fused-ring (bicyclic) bond motifs is 1. The maximum Gasteiger partial charge on any atom is 0.110 e. The van der Waals surface area contributed by atoms with Crippen molar-refractivity contribution < 1.29 is 0 Å². The Morgan fingerprint density at radius 2 is 1.90 bits per heavy atom. The fourth-order valence-electron chi connectivity index (χ4n) is 3.73. The summed E-state index contributed by atoms with van der Waals surface area (Å²) in [6.07, 6.45) is 9.33. The quantitative estimate of drug-likeness (QED) is 0.884. The Hall–Kier alpha value is -0.410. The monoisotopic (exact) mass is 292 g/mol. The van der Waals surface area contributed by atoms with Crippen LogP contribution < -0.4 is 5.32 Å². The summed E-state index contributed by atoms with van der Waals surface area (Å²) < 4.78 is 0. The highest BCUT2D eigenvalue weighted by Crippen LogP contribution is 2.40. The molecule has 1 unspecified atom stereocenters. The first-order valence-electron chi connectivity index (χ1n) is 8.38. The van der Waals surface area contributed by atoms with Gasteiger partial charge in [-0.1, -0.05) is 33.6 Å². The molecule has 1 fully saturated rings. The molecule has 2 nitrogen and oxygen atoms in total. The molecule has 2 aliphatic rings. The van der Waals surface area contributed by atoms with Crippen LogP contribution in [0.3, 0.4) is 0 Å². The molecule has 1 atom stereocenters. The van der Waals surface area contributed by atoms with Crippen LogP contribution in [-0.2, 0) is 12.8 Å². The summed E-state index contributed by atoms with van der Waals surface area (Å²) in [6.45, 7) is 6.93. The molecule has 1 saturated carbocycles. The number of hydrogen-bond donors (Lipinski definition) is 1. The van der Waals surface area contributed by atoms with Crippen LogP contribution in [0.1, 0.15) is 74.5 Å². The van der Waals surface area contributed by atoms with Gasteiger partial charge in [0.15, 0.2) is 0 Å². The predicted molar refractivity (Wildman–Crippen MR) is 86.3 cm³/mol. The van der Waals surface area contributed by atoms with Crippen LogP contribution in [0, 0.1) is 11.8 Å². The topological polar surface area (TPSA) is 24.9 Å². The third-order valence-corrected chi connectivity index (χ3v) is 6.16. The van der Waals surface area contributed by atoms with Crippen molar-refractivity contribution in [1.82, 2.24) is 10.3 Å².